The van der Waals surface area contributed by atoms with Crippen molar-refractivity contribution < 1.29 is 24.1 Å². The molecule has 0 aromatic heterocycles. The zero-order valence-corrected chi connectivity index (χ0v) is 11.4. The van der Waals surface area contributed by atoms with Crippen molar-refractivity contribution >= 4 is 5.78 Å². The third-order valence-corrected chi connectivity index (χ3v) is 4.70. The number of hydrogen-bond acceptors (Lipinski definition) is 5. The Balaban J connectivity index is 1.92. The molecule has 4 rings (SSSR count). The highest BCUT2D eigenvalue weighted by Gasteiger charge is 2.57. The molecule has 0 spiro atoms. The molecule has 5 heteroatoms. The lowest BCUT2D eigenvalue weighted by Crippen LogP contribution is -2.41. The van der Waals surface area contributed by atoms with E-state index in [1.807, 2.05) is 6.92 Å². The van der Waals surface area contributed by atoms with E-state index in [4.69, 9.17) is 14.2 Å². The van der Waals surface area contributed by atoms with Gasteiger partial charge in [0.2, 0.25) is 0 Å². The largest absolute Gasteiger partial charge is 0.507 e. The topological polar surface area (TPSA) is 65.0 Å². The van der Waals surface area contributed by atoms with Gasteiger partial charge in [0.05, 0.1) is 31.3 Å². The molecule has 0 unspecified atom stereocenters. The maximum absolute atomic E-state index is 12.6. The van der Waals surface area contributed by atoms with E-state index < -0.39 is 5.79 Å². The number of ether oxygens (including phenoxy) is 3. The Morgan fingerprint density at radius 2 is 2.25 bits per heavy atom. The average molecular weight is 276 g/mol. The standard InChI is InChI=1S/C15H16O5/c1-15-5-9-10(6-19-15)13(17)12-8(14(9)20-15)3-7(18-2)4-11(12)16/h3-4,9-10,14,16H,5-6H2,1-2H3/t9-,10+,14+,15+/m1/s1. The molecule has 1 aromatic rings. The van der Waals surface area contributed by atoms with Crippen LogP contribution in [0.4, 0.5) is 0 Å². The third-order valence-electron chi connectivity index (χ3n) is 4.70. The summed E-state index contributed by atoms with van der Waals surface area (Å²) in [7, 11) is 1.53. The van der Waals surface area contributed by atoms with Crippen LogP contribution in [0.25, 0.3) is 0 Å². The lowest BCUT2D eigenvalue weighted by molar-refractivity contribution is -0.216. The number of phenolic OH excluding ortho intramolecular Hbond substituents is 1. The average Bonchev–Trinajstić information content (AvgIpc) is 2.71. The quantitative estimate of drug-likeness (QED) is 0.850. The highest BCUT2D eigenvalue weighted by Crippen LogP contribution is 2.56. The van der Waals surface area contributed by atoms with Crippen LogP contribution in [-0.4, -0.2) is 30.4 Å². The number of ketones is 1. The minimum Gasteiger partial charge on any atom is -0.507 e. The molecule has 2 aliphatic heterocycles. The number of rotatable bonds is 1. The number of benzene rings is 1. The van der Waals surface area contributed by atoms with Gasteiger partial charge >= 0.3 is 0 Å². The van der Waals surface area contributed by atoms with Gasteiger partial charge in [0, 0.05) is 18.4 Å². The molecule has 0 saturated carbocycles. The molecule has 1 aromatic carbocycles. The third kappa shape index (κ3) is 1.42. The molecule has 2 saturated heterocycles. The van der Waals surface area contributed by atoms with Crippen molar-refractivity contribution in [1.29, 1.82) is 0 Å². The van der Waals surface area contributed by atoms with Crippen molar-refractivity contribution in [3.63, 3.8) is 0 Å². The van der Waals surface area contributed by atoms with Crippen LogP contribution in [-0.2, 0) is 9.47 Å². The normalized spacial score (nSPS) is 37.7. The summed E-state index contributed by atoms with van der Waals surface area (Å²) in [5, 5.41) is 10.2. The van der Waals surface area contributed by atoms with Crippen LogP contribution in [0.1, 0.15) is 35.4 Å². The molecule has 2 heterocycles. The molecule has 0 amide bonds. The molecular formula is C15H16O5. The zero-order chi connectivity index (χ0) is 14.1. The second kappa shape index (κ2) is 3.74. The molecule has 2 bridgehead atoms. The van der Waals surface area contributed by atoms with E-state index in [1.54, 1.807) is 6.07 Å². The Labute approximate surface area is 116 Å². The van der Waals surface area contributed by atoms with Gasteiger partial charge in [-0.25, -0.2) is 0 Å². The fourth-order valence-electron chi connectivity index (χ4n) is 3.76. The Kier molecular flexibility index (Phi) is 2.28. The summed E-state index contributed by atoms with van der Waals surface area (Å²) in [5.74, 6) is -0.265. The van der Waals surface area contributed by atoms with Gasteiger partial charge in [-0.3, -0.25) is 4.79 Å². The number of carbonyl (C=O) groups is 1. The van der Waals surface area contributed by atoms with Gasteiger partial charge in [-0.2, -0.15) is 0 Å². The predicted octanol–water partition coefficient (Wildman–Crippen LogP) is 2.04. The highest BCUT2D eigenvalue weighted by atomic mass is 16.7. The first-order valence-electron chi connectivity index (χ1n) is 6.79. The zero-order valence-electron chi connectivity index (χ0n) is 11.4. The Bertz CT molecular complexity index is 611. The minimum absolute atomic E-state index is 0.0353. The van der Waals surface area contributed by atoms with Gasteiger partial charge in [0.25, 0.3) is 0 Å². The molecule has 20 heavy (non-hydrogen) atoms. The number of hydrogen-bond donors (Lipinski definition) is 1. The SMILES string of the molecule is COc1cc(O)c2c(c1)[C@@H]1O[C@@]3(C)C[C@@H]1[C@H](CO3)C2=O. The predicted molar refractivity (Wildman–Crippen MR) is 68.8 cm³/mol. The van der Waals surface area contributed by atoms with Crippen molar-refractivity contribution in [3.05, 3.63) is 23.3 Å². The molecule has 5 nitrogen and oxygen atoms in total. The van der Waals surface area contributed by atoms with Gasteiger partial charge in [-0.05, 0) is 18.6 Å². The summed E-state index contributed by atoms with van der Waals surface area (Å²) in [6, 6.07) is 3.26. The molecule has 3 aliphatic rings. The van der Waals surface area contributed by atoms with Crippen LogP contribution >= 0.6 is 0 Å². The van der Waals surface area contributed by atoms with Gasteiger partial charge in [-0.15, -0.1) is 0 Å². The van der Waals surface area contributed by atoms with E-state index in [0.717, 1.165) is 5.56 Å². The van der Waals surface area contributed by atoms with E-state index in [2.05, 4.69) is 0 Å². The molecule has 106 valence electrons. The summed E-state index contributed by atoms with van der Waals surface area (Å²) in [6.45, 7) is 2.27. The van der Waals surface area contributed by atoms with Crippen LogP contribution in [0.3, 0.4) is 0 Å². The number of methoxy groups -OCH3 is 1. The summed E-state index contributed by atoms with van der Waals surface area (Å²) in [5.41, 5.74) is 1.09. The lowest BCUT2D eigenvalue weighted by atomic mass is 9.71. The van der Waals surface area contributed by atoms with Crippen LogP contribution in [0.2, 0.25) is 0 Å². The van der Waals surface area contributed by atoms with Crippen molar-refractivity contribution in [2.75, 3.05) is 13.7 Å². The second-order valence-electron chi connectivity index (χ2n) is 5.93. The fourth-order valence-corrected chi connectivity index (χ4v) is 3.76. The molecule has 0 radical (unpaired) electrons. The number of phenols is 1. The van der Waals surface area contributed by atoms with E-state index >= 15 is 0 Å². The van der Waals surface area contributed by atoms with Crippen LogP contribution in [0, 0.1) is 11.8 Å². The number of aromatic hydroxyl groups is 1. The van der Waals surface area contributed by atoms with Gasteiger partial charge < -0.3 is 19.3 Å². The Morgan fingerprint density at radius 3 is 3.00 bits per heavy atom. The Hall–Kier alpha value is -1.59. The summed E-state index contributed by atoms with van der Waals surface area (Å²) >= 11 is 0. The molecule has 1 N–H and O–H groups in total. The summed E-state index contributed by atoms with van der Waals surface area (Å²) < 4.78 is 16.9. The summed E-state index contributed by atoms with van der Waals surface area (Å²) in [4.78, 5) is 12.6. The maximum atomic E-state index is 12.6. The van der Waals surface area contributed by atoms with E-state index in [0.29, 0.717) is 24.3 Å². The number of carbonyl (C=O) groups excluding carboxylic acids is 1. The van der Waals surface area contributed by atoms with Crippen LogP contribution in [0.5, 0.6) is 11.5 Å². The van der Waals surface area contributed by atoms with Gasteiger partial charge in [0.15, 0.2) is 11.6 Å². The lowest BCUT2D eigenvalue weighted by Gasteiger charge is -2.35. The first kappa shape index (κ1) is 12.2. The second-order valence-corrected chi connectivity index (χ2v) is 5.93. The first-order valence-corrected chi connectivity index (χ1v) is 6.79. The first-order chi connectivity index (χ1) is 9.52. The van der Waals surface area contributed by atoms with Crippen molar-refractivity contribution in [3.8, 4) is 11.5 Å². The maximum Gasteiger partial charge on any atom is 0.172 e. The molecule has 4 atom stereocenters. The highest BCUT2D eigenvalue weighted by molar-refractivity contribution is 6.03. The molecule has 2 fully saturated rings. The number of Topliss-reactive ketones (excluding diaryl/α,β-unsaturated/α-hetero) is 1. The Morgan fingerprint density at radius 1 is 1.45 bits per heavy atom. The van der Waals surface area contributed by atoms with Crippen molar-refractivity contribution in [1.82, 2.24) is 0 Å². The van der Waals surface area contributed by atoms with E-state index in [1.165, 1.54) is 13.2 Å². The minimum atomic E-state index is -0.619. The summed E-state index contributed by atoms with van der Waals surface area (Å²) in [6.07, 6.45) is 0.507. The van der Waals surface area contributed by atoms with E-state index in [9.17, 15) is 9.90 Å². The van der Waals surface area contributed by atoms with E-state index in [-0.39, 0.29) is 29.5 Å². The van der Waals surface area contributed by atoms with Gasteiger partial charge in [0.1, 0.15) is 11.5 Å². The monoisotopic (exact) mass is 276 g/mol. The molecule has 1 aliphatic carbocycles. The van der Waals surface area contributed by atoms with Crippen LogP contribution in [0.15, 0.2) is 12.1 Å². The smallest absolute Gasteiger partial charge is 0.172 e. The van der Waals surface area contributed by atoms with Gasteiger partial charge in [-0.1, -0.05) is 0 Å². The van der Waals surface area contributed by atoms with Crippen molar-refractivity contribution in [2.45, 2.75) is 25.2 Å². The molecular weight excluding hydrogens is 260 g/mol. The number of fused-ring (bicyclic) bond motifs is 3. The van der Waals surface area contributed by atoms with Crippen molar-refractivity contribution in [2.24, 2.45) is 11.8 Å². The fraction of sp³-hybridized carbons (Fsp3) is 0.533. The van der Waals surface area contributed by atoms with Crippen LogP contribution < -0.4 is 4.74 Å².